The van der Waals surface area contributed by atoms with Crippen LogP contribution in [0.1, 0.15) is 12.8 Å². The standard InChI is InChI=1S/C12H18BrNO2/c1-15-8-4-3-7-14-11-9-10(13)5-6-12(11)16-2/h5-6,9,14H,3-4,7-8H2,1-2H3. The molecule has 16 heavy (non-hydrogen) atoms. The molecule has 0 spiro atoms. The van der Waals surface area contributed by atoms with E-state index >= 15 is 0 Å². The van der Waals surface area contributed by atoms with Gasteiger partial charge in [-0.2, -0.15) is 0 Å². The van der Waals surface area contributed by atoms with E-state index < -0.39 is 0 Å². The molecule has 1 rings (SSSR count). The number of halogens is 1. The molecular formula is C12H18BrNO2. The molecule has 1 aromatic carbocycles. The summed E-state index contributed by atoms with van der Waals surface area (Å²) in [4.78, 5) is 0. The van der Waals surface area contributed by atoms with Gasteiger partial charge in [-0.15, -0.1) is 0 Å². The molecular weight excluding hydrogens is 270 g/mol. The van der Waals surface area contributed by atoms with Crippen LogP contribution in [0.25, 0.3) is 0 Å². The minimum Gasteiger partial charge on any atom is -0.495 e. The Morgan fingerprint density at radius 1 is 1.25 bits per heavy atom. The number of hydrogen-bond acceptors (Lipinski definition) is 3. The zero-order chi connectivity index (χ0) is 11.8. The van der Waals surface area contributed by atoms with Gasteiger partial charge in [0.1, 0.15) is 5.75 Å². The van der Waals surface area contributed by atoms with Gasteiger partial charge in [0, 0.05) is 24.7 Å². The highest BCUT2D eigenvalue weighted by atomic mass is 79.9. The number of benzene rings is 1. The third-order valence-corrected chi connectivity index (χ3v) is 2.75. The summed E-state index contributed by atoms with van der Waals surface area (Å²) in [5.41, 5.74) is 1.02. The molecule has 90 valence electrons. The van der Waals surface area contributed by atoms with E-state index in [1.807, 2.05) is 18.2 Å². The van der Waals surface area contributed by atoms with E-state index in [0.29, 0.717) is 0 Å². The van der Waals surface area contributed by atoms with Gasteiger partial charge in [-0.25, -0.2) is 0 Å². The van der Waals surface area contributed by atoms with Crippen molar-refractivity contribution in [3.05, 3.63) is 22.7 Å². The van der Waals surface area contributed by atoms with Crippen molar-refractivity contribution in [1.82, 2.24) is 0 Å². The minimum atomic E-state index is 0.817. The van der Waals surface area contributed by atoms with E-state index in [1.54, 1.807) is 14.2 Å². The third-order valence-electron chi connectivity index (χ3n) is 2.25. The highest BCUT2D eigenvalue weighted by molar-refractivity contribution is 9.10. The van der Waals surface area contributed by atoms with Crippen molar-refractivity contribution < 1.29 is 9.47 Å². The van der Waals surface area contributed by atoms with Crippen molar-refractivity contribution in [2.24, 2.45) is 0 Å². The average Bonchev–Trinajstić information content (AvgIpc) is 2.29. The van der Waals surface area contributed by atoms with Gasteiger partial charge in [0.25, 0.3) is 0 Å². The lowest BCUT2D eigenvalue weighted by Crippen LogP contribution is -2.04. The molecule has 0 aliphatic rings. The second-order valence-electron chi connectivity index (χ2n) is 3.47. The normalized spacial score (nSPS) is 10.2. The summed E-state index contributed by atoms with van der Waals surface area (Å²) in [7, 11) is 3.41. The van der Waals surface area contributed by atoms with Crippen LogP contribution < -0.4 is 10.1 Å². The Hall–Kier alpha value is -0.740. The lowest BCUT2D eigenvalue weighted by atomic mass is 10.2. The summed E-state index contributed by atoms with van der Waals surface area (Å²) < 4.78 is 11.3. The van der Waals surface area contributed by atoms with Gasteiger partial charge in [-0.1, -0.05) is 15.9 Å². The maximum atomic E-state index is 5.27. The van der Waals surface area contributed by atoms with Gasteiger partial charge < -0.3 is 14.8 Å². The molecule has 0 saturated carbocycles. The molecule has 0 saturated heterocycles. The predicted molar refractivity (Wildman–Crippen MR) is 70.3 cm³/mol. The van der Waals surface area contributed by atoms with Crippen LogP contribution >= 0.6 is 15.9 Å². The van der Waals surface area contributed by atoms with Crippen molar-refractivity contribution in [2.75, 3.05) is 32.7 Å². The van der Waals surface area contributed by atoms with Gasteiger partial charge in [-0.05, 0) is 31.0 Å². The summed E-state index contributed by atoms with van der Waals surface area (Å²) in [5, 5.41) is 3.35. The lowest BCUT2D eigenvalue weighted by molar-refractivity contribution is 0.194. The van der Waals surface area contributed by atoms with Crippen LogP contribution in [0, 0.1) is 0 Å². The molecule has 0 bridgehead atoms. The number of ether oxygens (including phenoxy) is 2. The summed E-state index contributed by atoms with van der Waals surface area (Å²) in [6.07, 6.45) is 2.16. The quantitative estimate of drug-likeness (QED) is 0.781. The van der Waals surface area contributed by atoms with Gasteiger partial charge in [0.05, 0.1) is 12.8 Å². The highest BCUT2D eigenvalue weighted by Gasteiger charge is 2.02. The predicted octanol–water partition coefficient (Wildman–Crippen LogP) is 3.30. The molecule has 4 heteroatoms. The number of hydrogen-bond donors (Lipinski definition) is 1. The Morgan fingerprint density at radius 2 is 2.06 bits per heavy atom. The number of unbranched alkanes of at least 4 members (excludes halogenated alkanes) is 1. The van der Waals surface area contributed by atoms with Crippen molar-refractivity contribution in [3.8, 4) is 5.75 Å². The topological polar surface area (TPSA) is 30.5 Å². The number of anilines is 1. The monoisotopic (exact) mass is 287 g/mol. The van der Waals surface area contributed by atoms with Gasteiger partial charge in [0.15, 0.2) is 0 Å². The zero-order valence-electron chi connectivity index (χ0n) is 9.75. The molecule has 1 N–H and O–H groups in total. The van der Waals surface area contributed by atoms with Crippen molar-refractivity contribution in [3.63, 3.8) is 0 Å². The number of methoxy groups -OCH3 is 2. The Bertz CT molecular complexity index is 318. The van der Waals surface area contributed by atoms with E-state index in [9.17, 15) is 0 Å². The summed E-state index contributed by atoms with van der Waals surface area (Å²) in [6.45, 7) is 1.74. The fourth-order valence-electron chi connectivity index (χ4n) is 1.41. The molecule has 0 amide bonds. The molecule has 0 aromatic heterocycles. The minimum absolute atomic E-state index is 0.817. The van der Waals surface area contributed by atoms with E-state index in [-0.39, 0.29) is 0 Å². The van der Waals surface area contributed by atoms with Crippen LogP contribution in [-0.4, -0.2) is 27.4 Å². The van der Waals surface area contributed by atoms with Gasteiger partial charge >= 0.3 is 0 Å². The van der Waals surface area contributed by atoms with Crippen molar-refractivity contribution >= 4 is 21.6 Å². The first-order valence-electron chi connectivity index (χ1n) is 5.34. The highest BCUT2D eigenvalue weighted by Crippen LogP contribution is 2.27. The molecule has 0 aliphatic heterocycles. The molecule has 0 aliphatic carbocycles. The fraction of sp³-hybridized carbons (Fsp3) is 0.500. The molecule has 0 fully saturated rings. The molecule has 0 unspecified atom stereocenters. The maximum absolute atomic E-state index is 5.27. The maximum Gasteiger partial charge on any atom is 0.142 e. The molecule has 0 atom stereocenters. The van der Waals surface area contributed by atoms with E-state index in [4.69, 9.17) is 9.47 Å². The largest absolute Gasteiger partial charge is 0.495 e. The van der Waals surface area contributed by atoms with Crippen LogP contribution in [0.15, 0.2) is 22.7 Å². The first-order valence-corrected chi connectivity index (χ1v) is 6.13. The summed E-state index contributed by atoms with van der Waals surface area (Å²) in [6, 6.07) is 5.94. The number of rotatable bonds is 7. The van der Waals surface area contributed by atoms with E-state index in [1.165, 1.54) is 0 Å². The number of nitrogens with one attached hydrogen (secondary N) is 1. The SMILES string of the molecule is COCCCCNc1cc(Br)ccc1OC. The van der Waals surface area contributed by atoms with Gasteiger partial charge in [0.2, 0.25) is 0 Å². The second-order valence-corrected chi connectivity index (χ2v) is 4.39. The second kappa shape index (κ2) is 7.52. The van der Waals surface area contributed by atoms with Gasteiger partial charge in [-0.3, -0.25) is 0 Å². The lowest BCUT2D eigenvalue weighted by Gasteiger charge is -2.11. The summed E-state index contributed by atoms with van der Waals surface area (Å²) >= 11 is 3.44. The third kappa shape index (κ3) is 4.41. The van der Waals surface area contributed by atoms with Crippen LogP contribution in [0.4, 0.5) is 5.69 Å². The first-order chi connectivity index (χ1) is 7.77. The van der Waals surface area contributed by atoms with Crippen molar-refractivity contribution in [2.45, 2.75) is 12.8 Å². The Balaban J connectivity index is 2.42. The first kappa shape index (κ1) is 13.3. The van der Waals surface area contributed by atoms with Crippen LogP contribution in [0.3, 0.4) is 0 Å². The Kier molecular flexibility index (Phi) is 6.26. The smallest absolute Gasteiger partial charge is 0.142 e. The fourth-order valence-corrected chi connectivity index (χ4v) is 1.77. The van der Waals surface area contributed by atoms with E-state index in [2.05, 4.69) is 21.2 Å². The molecule has 1 aromatic rings. The average molecular weight is 288 g/mol. The van der Waals surface area contributed by atoms with E-state index in [0.717, 1.165) is 41.9 Å². The molecule has 3 nitrogen and oxygen atoms in total. The Labute approximate surface area is 105 Å². The van der Waals surface area contributed by atoms with Crippen LogP contribution in [-0.2, 0) is 4.74 Å². The summed E-state index contributed by atoms with van der Waals surface area (Å²) in [5.74, 6) is 0.870. The zero-order valence-corrected chi connectivity index (χ0v) is 11.3. The molecule has 0 radical (unpaired) electrons. The Morgan fingerprint density at radius 3 is 2.75 bits per heavy atom. The van der Waals surface area contributed by atoms with Crippen molar-refractivity contribution in [1.29, 1.82) is 0 Å². The molecule has 0 heterocycles. The van der Waals surface area contributed by atoms with Crippen LogP contribution in [0.5, 0.6) is 5.75 Å². The van der Waals surface area contributed by atoms with Crippen LogP contribution in [0.2, 0.25) is 0 Å².